The lowest BCUT2D eigenvalue weighted by atomic mass is 10.1. The van der Waals surface area contributed by atoms with E-state index in [0.717, 1.165) is 59.9 Å². The Balaban J connectivity index is 1.14. The van der Waals surface area contributed by atoms with Gasteiger partial charge in [0.05, 0.1) is 11.0 Å². The minimum atomic E-state index is -3.51. The zero-order chi connectivity index (χ0) is 40.5. The lowest BCUT2D eigenvalue weighted by molar-refractivity contribution is 0.591. The number of aromatic nitrogens is 3. The largest absolute Gasteiger partial charge is 0.309 e. The molecule has 0 aliphatic heterocycles. The quantitative estimate of drug-likeness (QED) is 0.129. The molecule has 2 aromatic heterocycles. The first-order valence-electron chi connectivity index (χ1n) is 20.0. The molecule has 5 nitrogen and oxygen atoms in total. The Morgan fingerprint density at radius 3 is 1.42 bits per heavy atom. The summed E-state index contributed by atoms with van der Waals surface area (Å²) in [6.07, 6.45) is 3.84. The van der Waals surface area contributed by atoms with Crippen LogP contribution in [0.25, 0.3) is 38.9 Å². The van der Waals surface area contributed by atoms with Crippen molar-refractivity contribution in [2.45, 2.75) is 6.42 Å². The van der Waals surface area contributed by atoms with Crippen molar-refractivity contribution < 1.29 is 9.13 Å². The Morgan fingerprint density at radius 1 is 0.400 bits per heavy atom. The van der Waals surface area contributed by atoms with E-state index in [1.54, 1.807) is 18.5 Å². The first-order valence-corrected chi connectivity index (χ1v) is 23.4. The molecule has 0 saturated carbocycles. The second kappa shape index (κ2) is 15.7. The fourth-order valence-corrected chi connectivity index (χ4v) is 14.4. The maximum Gasteiger partial charge on any atom is 0.171 e. The first kappa shape index (κ1) is 37.4. The third-order valence-corrected chi connectivity index (χ3v) is 17.6. The third-order valence-electron chi connectivity index (χ3n) is 11.3. The maximum absolute atomic E-state index is 16.5. The molecule has 288 valence electrons. The van der Waals surface area contributed by atoms with Crippen molar-refractivity contribution in [3.63, 3.8) is 0 Å². The van der Waals surface area contributed by atoms with E-state index in [0.29, 0.717) is 17.5 Å². The molecule has 8 aromatic carbocycles. The van der Waals surface area contributed by atoms with E-state index in [4.69, 9.17) is 0 Å². The highest BCUT2D eigenvalue weighted by molar-refractivity contribution is 7.86. The summed E-state index contributed by atoms with van der Waals surface area (Å²) in [6, 6.07) is 70.3. The van der Waals surface area contributed by atoms with Crippen LogP contribution in [0.1, 0.15) is 11.1 Å². The highest BCUT2D eigenvalue weighted by Gasteiger charge is 2.35. The topological polar surface area (TPSA) is 64.8 Å². The molecule has 0 saturated heterocycles. The molecule has 2 atom stereocenters. The molecule has 0 amide bonds. The molecular formula is C53H39N3O2P2. The summed E-state index contributed by atoms with van der Waals surface area (Å²) in [5.41, 5.74) is 5.72. The number of rotatable bonds is 10. The summed E-state index contributed by atoms with van der Waals surface area (Å²) >= 11 is 0. The van der Waals surface area contributed by atoms with Gasteiger partial charge in [0, 0.05) is 66.2 Å². The molecule has 10 aromatic rings. The van der Waals surface area contributed by atoms with E-state index < -0.39 is 14.3 Å². The third kappa shape index (κ3) is 6.44. The van der Waals surface area contributed by atoms with Crippen LogP contribution in [-0.4, -0.2) is 14.5 Å². The zero-order valence-electron chi connectivity index (χ0n) is 32.6. The summed E-state index contributed by atoms with van der Waals surface area (Å²) < 4.78 is 34.9. The zero-order valence-corrected chi connectivity index (χ0v) is 34.4. The highest BCUT2D eigenvalue weighted by Crippen LogP contribution is 2.47. The van der Waals surface area contributed by atoms with Gasteiger partial charge in [-0.25, -0.2) is 9.97 Å². The molecule has 60 heavy (non-hydrogen) atoms. The molecule has 7 heteroatoms. The number of benzene rings is 8. The number of hydrogen-bond acceptors (Lipinski definition) is 4. The number of fused-ring (bicyclic) bond motifs is 3. The molecule has 2 unspecified atom stereocenters. The van der Waals surface area contributed by atoms with Crippen LogP contribution < -0.4 is 31.8 Å². The summed E-state index contributed by atoms with van der Waals surface area (Å²) in [4.78, 5) is 8.98. The van der Waals surface area contributed by atoms with Gasteiger partial charge in [-0.15, -0.1) is 0 Å². The van der Waals surface area contributed by atoms with Crippen molar-refractivity contribution in [2.75, 3.05) is 0 Å². The predicted octanol–water partition coefficient (Wildman–Crippen LogP) is 10.1. The average Bonchev–Trinajstić information content (AvgIpc) is 3.67. The van der Waals surface area contributed by atoms with Crippen LogP contribution in [-0.2, 0) is 15.6 Å². The van der Waals surface area contributed by atoms with Crippen LogP contribution in [0.4, 0.5) is 0 Å². The van der Waals surface area contributed by atoms with E-state index in [1.165, 1.54) is 10.8 Å². The van der Waals surface area contributed by atoms with Gasteiger partial charge in [-0.3, -0.25) is 0 Å². The second-order valence-corrected chi connectivity index (χ2v) is 20.3. The molecule has 0 aliphatic carbocycles. The Bertz CT molecular complexity index is 3200. The Kier molecular flexibility index (Phi) is 9.78. The average molecular weight is 812 g/mol. The molecule has 0 spiro atoms. The minimum absolute atomic E-state index is 0.411. The van der Waals surface area contributed by atoms with E-state index in [1.807, 2.05) is 133 Å². The monoisotopic (exact) mass is 811 g/mol. The van der Waals surface area contributed by atoms with Crippen molar-refractivity contribution in [1.82, 2.24) is 14.5 Å². The molecule has 0 aliphatic rings. The summed E-state index contributed by atoms with van der Waals surface area (Å²) in [6.45, 7) is 0. The van der Waals surface area contributed by atoms with E-state index in [9.17, 15) is 0 Å². The van der Waals surface area contributed by atoms with E-state index >= 15 is 9.13 Å². The van der Waals surface area contributed by atoms with Gasteiger partial charge in [0.2, 0.25) is 0 Å². The van der Waals surface area contributed by atoms with Crippen molar-refractivity contribution in [3.8, 4) is 17.1 Å². The SMILES string of the molecule is O=P(c1ccccc1)(c1cccc(-c2ncccn2)c1)c1ccccc1Cc1ccccc1P(=O)(c1ccccc1)c1cccc(-n2c3ccccc3c3ccccc32)c1. The molecule has 0 N–H and O–H groups in total. The van der Waals surface area contributed by atoms with Gasteiger partial charge in [0.1, 0.15) is 0 Å². The van der Waals surface area contributed by atoms with Crippen LogP contribution in [0, 0.1) is 0 Å². The lowest BCUT2D eigenvalue weighted by Gasteiger charge is -2.26. The molecule has 0 fully saturated rings. The van der Waals surface area contributed by atoms with Crippen molar-refractivity contribution in [2.24, 2.45) is 0 Å². The summed E-state index contributed by atoms with van der Waals surface area (Å²) in [7, 11) is -6.98. The van der Waals surface area contributed by atoms with E-state index in [-0.39, 0.29) is 0 Å². The number of hydrogen-bond donors (Lipinski definition) is 0. The molecule has 0 radical (unpaired) electrons. The summed E-state index contributed by atoms with van der Waals surface area (Å²) in [5.74, 6) is 0.569. The standard InChI is InChI=1S/C53H39N3O2P2/c57-59(43-22-3-1-4-23-43,45-26-15-20-41(37-45)53-54-34-17-35-55-53)51-32-13-7-18-39(51)36-40-19-8-14-33-52(40)60(58,44-24-5-2-6-25-44)46-27-16-21-42(38-46)56-49-30-11-9-28-47(49)48-29-10-12-31-50(48)56/h1-35,37-38H,36H2. The Hall–Kier alpha value is -6.90. The molecular weight excluding hydrogens is 773 g/mol. The van der Waals surface area contributed by atoms with E-state index in [2.05, 4.69) is 87.3 Å². The van der Waals surface area contributed by atoms with Crippen molar-refractivity contribution >= 4 is 67.9 Å². The fourth-order valence-electron chi connectivity index (χ4n) is 8.59. The van der Waals surface area contributed by atoms with Gasteiger partial charge in [-0.05, 0) is 53.9 Å². The van der Waals surface area contributed by atoms with Gasteiger partial charge in [0.25, 0.3) is 0 Å². The number of para-hydroxylation sites is 2. The van der Waals surface area contributed by atoms with Gasteiger partial charge in [-0.1, -0.05) is 176 Å². The lowest BCUT2D eigenvalue weighted by Crippen LogP contribution is -2.30. The summed E-state index contributed by atoms with van der Waals surface area (Å²) in [5, 5.41) is 6.74. The van der Waals surface area contributed by atoms with Gasteiger partial charge >= 0.3 is 0 Å². The first-order chi connectivity index (χ1) is 29.5. The molecule has 2 heterocycles. The van der Waals surface area contributed by atoms with Crippen molar-refractivity contribution in [1.29, 1.82) is 0 Å². The normalized spacial score (nSPS) is 13.5. The minimum Gasteiger partial charge on any atom is -0.309 e. The smallest absolute Gasteiger partial charge is 0.171 e. The highest BCUT2D eigenvalue weighted by atomic mass is 31.2. The van der Waals surface area contributed by atoms with Gasteiger partial charge in [-0.2, -0.15) is 0 Å². The van der Waals surface area contributed by atoms with Crippen molar-refractivity contribution in [3.05, 3.63) is 236 Å². The predicted molar refractivity (Wildman–Crippen MR) is 250 cm³/mol. The van der Waals surface area contributed by atoms with Gasteiger partial charge < -0.3 is 13.7 Å². The van der Waals surface area contributed by atoms with Crippen LogP contribution in [0.3, 0.4) is 0 Å². The van der Waals surface area contributed by atoms with Gasteiger partial charge in [0.15, 0.2) is 20.1 Å². The molecule has 10 rings (SSSR count). The Morgan fingerprint density at radius 2 is 0.850 bits per heavy atom. The fraction of sp³-hybridized carbons (Fsp3) is 0.0189. The second-order valence-electron chi connectivity index (χ2n) is 14.8. The van der Waals surface area contributed by atoms with Crippen LogP contribution in [0.15, 0.2) is 225 Å². The maximum atomic E-state index is 16.5. The molecule has 0 bridgehead atoms. The van der Waals surface area contributed by atoms with Crippen LogP contribution in [0.5, 0.6) is 0 Å². The van der Waals surface area contributed by atoms with Crippen LogP contribution >= 0.6 is 14.3 Å². The van der Waals surface area contributed by atoms with Crippen LogP contribution in [0.2, 0.25) is 0 Å². The Labute approximate surface area is 349 Å². The number of nitrogens with zero attached hydrogens (tertiary/aromatic N) is 3.